The van der Waals surface area contributed by atoms with Crippen molar-refractivity contribution < 1.29 is 14.9 Å². The maximum atomic E-state index is 10.7. The van der Waals surface area contributed by atoms with Crippen molar-refractivity contribution in [3.63, 3.8) is 0 Å². The molecule has 1 fully saturated rings. The zero-order valence-electron chi connectivity index (χ0n) is 7.03. The Morgan fingerprint density at radius 2 is 2.42 bits per heavy atom. The number of nitrogens with zero attached hydrogens (tertiary/aromatic N) is 1. The molecule has 0 aliphatic carbocycles. The largest absolute Gasteiger partial charge is 0.480 e. The third kappa shape index (κ3) is 1.97. The monoisotopic (exact) mass is 172 g/mol. The van der Waals surface area contributed by atoms with Crippen molar-refractivity contribution in [2.24, 2.45) is 0 Å². The molecule has 1 aliphatic rings. The molecular formula is C6H13BN2O3. The van der Waals surface area contributed by atoms with Crippen LogP contribution in [0, 0.1) is 0 Å². The van der Waals surface area contributed by atoms with Crippen LogP contribution in [0.1, 0.15) is 0 Å². The minimum absolute atomic E-state index is 0.403. The van der Waals surface area contributed by atoms with E-state index < -0.39 is 19.1 Å². The van der Waals surface area contributed by atoms with Gasteiger partial charge in [0.15, 0.2) is 0 Å². The first-order chi connectivity index (χ1) is 5.63. The van der Waals surface area contributed by atoms with E-state index in [1.165, 1.54) is 0 Å². The summed E-state index contributed by atoms with van der Waals surface area (Å²) in [6.45, 7) is 3.30. The minimum atomic E-state index is -0.886. The molecule has 5 nitrogen and oxygen atoms in total. The van der Waals surface area contributed by atoms with Gasteiger partial charge in [0.2, 0.25) is 0 Å². The van der Waals surface area contributed by atoms with Crippen molar-refractivity contribution in [2.75, 3.05) is 19.6 Å². The molecule has 0 aromatic rings. The predicted octanol–water partition coefficient (Wildman–Crippen LogP) is -1.54. The van der Waals surface area contributed by atoms with E-state index in [0.717, 1.165) is 6.54 Å². The summed E-state index contributed by atoms with van der Waals surface area (Å²) in [5, 5.41) is 21.0. The summed E-state index contributed by atoms with van der Waals surface area (Å²) in [7, 11) is -0.687. The molecule has 0 aromatic carbocycles. The first-order valence-electron chi connectivity index (χ1n) is 4.00. The van der Waals surface area contributed by atoms with Crippen molar-refractivity contribution in [3.8, 4) is 0 Å². The Balaban J connectivity index is 2.60. The van der Waals surface area contributed by atoms with Gasteiger partial charge >= 0.3 is 13.0 Å². The SMILES string of the molecule is CB(O)N1CCNC[C@@H]1C(=O)O. The van der Waals surface area contributed by atoms with Gasteiger partial charge in [-0.3, -0.25) is 4.79 Å². The summed E-state index contributed by atoms with van der Waals surface area (Å²) >= 11 is 0. The lowest BCUT2D eigenvalue weighted by Crippen LogP contribution is -2.59. The molecule has 6 heteroatoms. The van der Waals surface area contributed by atoms with E-state index in [-0.39, 0.29) is 0 Å². The van der Waals surface area contributed by atoms with Crippen LogP contribution in [0.15, 0.2) is 0 Å². The number of aliphatic carboxylic acids is 1. The van der Waals surface area contributed by atoms with E-state index in [4.69, 9.17) is 5.11 Å². The Bertz CT molecular complexity index is 176. The third-order valence-corrected chi connectivity index (χ3v) is 2.05. The number of carboxylic acid groups (broad SMARTS) is 1. The highest BCUT2D eigenvalue weighted by Crippen LogP contribution is 2.04. The first kappa shape index (κ1) is 9.50. The molecule has 0 spiro atoms. The second-order valence-corrected chi connectivity index (χ2v) is 2.93. The van der Waals surface area contributed by atoms with Gasteiger partial charge in [-0.1, -0.05) is 0 Å². The molecule has 1 saturated heterocycles. The molecule has 0 saturated carbocycles. The smallest absolute Gasteiger partial charge is 0.377 e. The van der Waals surface area contributed by atoms with Crippen LogP contribution in [0.3, 0.4) is 0 Å². The number of carbonyl (C=O) groups is 1. The summed E-state index contributed by atoms with van der Waals surface area (Å²) in [6.07, 6.45) is 0. The highest BCUT2D eigenvalue weighted by atomic mass is 16.4. The Hall–Kier alpha value is -0.585. The van der Waals surface area contributed by atoms with Gasteiger partial charge in [-0.25, -0.2) is 0 Å². The number of hydrogen-bond donors (Lipinski definition) is 3. The van der Waals surface area contributed by atoms with Gasteiger partial charge in [0.05, 0.1) is 0 Å². The Morgan fingerprint density at radius 1 is 1.75 bits per heavy atom. The highest BCUT2D eigenvalue weighted by Gasteiger charge is 2.32. The lowest BCUT2D eigenvalue weighted by molar-refractivity contribution is -0.142. The van der Waals surface area contributed by atoms with Crippen molar-refractivity contribution >= 4 is 13.0 Å². The van der Waals surface area contributed by atoms with Crippen molar-refractivity contribution in [2.45, 2.75) is 12.9 Å². The van der Waals surface area contributed by atoms with E-state index in [9.17, 15) is 9.82 Å². The highest BCUT2D eigenvalue weighted by molar-refractivity contribution is 6.45. The maximum absolute atomic E-state index is 10.7. The van der Waals surface area contributed by atoms with Crippen molar-refractivity contribution in [1.29, 1.82) is 0 Å². The predicted molar refractivity (Wildman–Crippen MR) is 44.8 cm³/mol. The van der Waals surface area contributed by atoms with Gasteiger partial charge < -0.3 is 20.3 Å². The van der Waals surface area contributed by atoms with Crippen molar-refractivity contribution in [3.05, 3.63) is 0 Å². The topological polar surface area (TPSA) is 72.8 Å². The Labute approximate surface area is 71.5 Å². The average Bonchev–Trinajstić information content (AvgIpc) is 2.04. The van der Waals surface area contributed by atoms with Gasteiger partial charge in [0.25, 0.3) is 0 Å². The Kier molecular flexibility index (Phi) is 3.08. The number of piperazine rings is 1. The molecule has 0 aromatic heterocycles. The molecule has 1 aliphatic heterocycles. The van der Waals surface area contributed by atoms with Crippen molar-refractivity contribution in [1.82, 2.24) is 10.1 Å². The summed E-state index contributed by atoms with van der Waals surface area (Å²) in [4.78, 5) is 12.2. The fraction of sp³-hybridized carbons (Fsp3) is 0.833. The number of hydrogen-bond acceptors (Lipinski definition) is 4. The quantitative estimate of drug-likeness (QED) is 0.440. The van der Waals surface area contributed by atoms with E-state index in [0.29, 0.717) is 13.1 Å². The summed E-state index contributed by atoms with van der Waals surface area (Å²) < 4.78 is 0. The van der Waals surface area contributed by atoms with E-state index in [1.807, 2.05) is 0 Å². The summed E-state index contributed by atoms with van der Waals surface area (Å²) in [5.74, 6) is -0.886. The zero-order chi connectivity index (χ0) is 9.14. The third-order valence-electron chi connectivity index (χ3n) is 2.05. The van der Waals surface area contributed by atoms with Gasteiger partial charge in [-0.2, -0.15) is 0 Å². The molecule has 1 rings (SSSR count). The Morgan fingerprint density at radius 3 is 2.83 bits per heavy atom. The van der Waals surface area contributed by atoms with Gasteiger partial charge in [-0.15, -0.1) is 0 Å². The standard InChI is InChI=1S/C6H13BN2O3/c1-7(12)9-3-2-8-4-5(9)6(10)11/h5,8,12H,2-4H2,1H3,(H,10,11)/t5-/m1/s1. The fourth-order valence-electron chi connectivity index (χ4n) is 1.40. The first-order valence-corrected chi connectivity index (χ1v) is 4.00. The van der Waals surface area contributed by atoms with Crippen LogP contribution in [0.25, 0.3) is 0 Å². The molecular weight excluding hydrogens is 159 g/mol. The number of rotatable bonds is 2. The summed E-state index contributed by atoms with van der Waals surface area (Å²) in [5.41, 5.74) is 0. The van der Waals surface area contributed by atoms with Gasteiger partial charge in [0, 0.05) is 19.6 Å². The molecule has 1 heterocycles. The van der Waals surface area contributed by atoms with E-state index in [1.54, 1.807) is 11.6 Å². The molecule has 0 unspecified atom stereocenters. The lowest BCUT2D eigenvalue weighted by atomic mass is 9.82. The fourth-order valence-corrected chi connectivity index (χ4v) is 1.40. The molecule has 12 heavy (non-hydrogen) atoms. The second kappa shape index (κ2) is 3.89. The molecule has 0 bridgehead atoms. The second-order valence-electron chi connectivity index (χ2n) is 2.93. The number of nitrogens with one attached hydrogen (secondary N) is 1. The molecule has 68 valence electrons. The van der Waals surface area contributed by atoms with Crippen LogP contribution in [-0.4, -0.2) is 53.6 Å². The van der Waals surface area contributed by atoms with Crippen LogP contribution in [0.5, 0.6) is 0 Å². The number of carboxylic acids is 1. The van der Waals surface area contributed by atoms with Crippen LogP contribution < -0.4 is 5.32 Å². The van der Waals surface area contributed by atoms with Gasteiger partial charge in [0.1, 0.15) is 6.04 Å². The molecule has 0 radical (unpaired) electrons. The van der Waals surface area contributed by atoms with E-state index >= 15 is 0 Å². The van der Waals surface area contributed by atoms with Crippen LogP contribution in [0.2, 0.25) is 6.82 Å². The van der Waals surface area contributed by atoms with Crippen LogP contribution in [0.4, 0.5) is 0 Å². The normalized spacial score (nSPS) is 25.3. The molecule has 1 atom stereocenters. The van der Waals surface area contributed by atoms with E-state index in [2.05, 4.69) is 5.32 Å². The molecule has 0 amide bonds. The van der Waals surface area contributed by atoms with Crippen LogP contribution >= 0.6 is 0 Å². The maximum Gasteiger partial charge on any atom is 0.377 e. The average molecular weight is 172 g/mol. The molecule has 3 N–H and O–H groups in total. The van der Waals surface area contributed by atoms with Crippen LogP contribution in [-0.2, 0) is 4.79 Å². The van der Waals surface area contributed by atoms with Gasteiger partial charge in [-0.05, 0) is 6.82 Å². The zero-order valence-corrected chi connectivity index (χ0v) is 7.03. The minimum Gasteiger partial charge on any atom is -0.480 e. The summed E-state index contributed by atoms with van der Waals surface area (Å²) in [6, 6.07) is -0.598. The lowest BCUT2D eigenvalue weighted by Gasteiger charge is -2.34.